The van der Waals surface area contributed by atoms with Crippen LogP contribution in [-0.2, 0) is 14.4 Å². The average Bonchev–Trinajstić information content (AvgIpc) is 2.45. The lowest BCUT2D eigenvalue weighted by Gasteiger charge is -2.27. The standard InChI is InChI=1S/C16H28N2O5/c19-11-10-17-6-2-1-4-14(12-15(20)21)5-3-7-18(9-8-17)13-16(22)23/h11,14H,1-10,12-13H2,(H,20,21)(H,22,23). The fourth-order valence-electron chi connectivity index (χ4n) is 3.11. The molecule has 1 aliphatic rings. The van der Waals surface area contributed by atoms with E-state index in [-0.39, 0.29) is 18.9 Å². The fourth-order valence-corrected chi connectivity index (χ4v) is 3.11. The Balaban J connectivity index is 2.63. The van der Waals surface area contributed by atoms with Crippen molar-refractivity contribution in [1.82, 2.24) is 9.80 Å². The molecule has 0 radical (unpaired) electrons. The predicted octanol–water partition coefficient (Wildman–Crippen LogP) is 0.929. The molecule has 0 bridgehead atoms. The summed E-state index contributed by atoms with van der Waals surface area (Å²) in [5.74, 6) is -1.48. The van der Waals surface area contributed by atoms with Gasteiger partial charge >= 0.3 is 11.9 Å². The first-order chi connectivity index (χ1) is 11.0. The van der Waals surface area contributed by atoms with Crippen molar-refractivity contribution in [3.05, 3.63) is 0 Å². The Morgan fingerprint density at radius 3 is 2.22 bits per heavy atom. The first-order valence-corrected chi connectivity index (χ1v) is 8.33. The van der Waals surface area contributed by atoms with Crippen LogP contribution in [0.1, 0.15) is 38.5 Å². The smallest absolute Gasteiger partial charge is 0.317 e. The van der Waals surface area contributed by atoms with E-state index in [1.165, 1.54) is 0 Å². The molecule has 0 aromatic heterocycles. The number of aliphatic carboxylic acids is 2. The highest BCUT2D eigenvalue weighted by Gasteiger charge is 2.17. The van der Waals surface area contributed by atoms with Crippen molar-refractivity contribution in [2.24, 2.45) is 5.92 Å². The normalized spacial score (nSPS) is 22.7. The molecule has 7 nitrogen and oxygen atoms in total. The molecule has 0 amide bonds. The van der Waals surface area contributed by atoms with Crippen LogP contribution in [0.5, 0.6) is 0 Å². The Labute approximate surface area is 137 Å². The van der Waals surface area contributed by atoms with Crippen LogP contribution in [0.25, 0.3) is 0 Å². The highest BCUT2D eigenvalue weighted by molar-refractivity contribution is 5.69. The summed E-state index contributed by atoms with van der Waals surface area (Å²) in [7, 11) is 0. The van der Waals surface area contributed by atoms with Gasteiger partial charge in [0.15, 0.2) is 0 Å². The number of carboxylic acid groups (broad SMARTS) is 2. The van der Waals surface area contributed by atoms with Gasteiger partial charge in [-0.25, -0.2) is 0 Å². The largest absolute Gasteiger partial charge is 0.481 e. The third-order valence-corrected chi connectivity index (χ3v) is 4.31. The van der Waals surface area contributed by atoms with Gasteiger partial charge in [-0.1, -0.05) is 6.42 Å². The Bertz CT molecular complexity index is 389. The minimum Gasteiger partial charge on any atom is -0.481 e. The molecule has 0 aliphatic carbocycles. The van der Waals surface area contributed by atoms with Crippen LogP contribution in [0.3, 0.4) is 0 Å². The van der Waals surface area contributed by atoms with Gasteiger partial charge in [-0.2, -0.15) is 0 Å². The molecular weight excluding hydrogens is 300 g/mol. The monoisotopic (exact) mass is 328 g/mol. The number of hydrogen-bond acceptors (Lipinski definition) is 5. The number of hydrogen-bond donors (Lipinski definition) is 2. The summed E-state index contributed by atoms with van der Waals surface area (Å²) in [6.45, 7) is 3.09. The van der Waals surface area contributed by atoms with Gasteiger partial charge in [-0.05, 0) is 44.7 Å². The third kappa shape index (κ3) is 9.30. The fraction of sp³-hybridized carbons (Fsp3) is 0.812. The van der Waals surface area contributed by atoms with E-state index in [1.54, 1.807) is 0 Å². The zero-order valence-electron chi connectivity index (χ0n) is 13.7. The number of carboxylic acids is 2. The zero-order chi connectivity index (χ0) is 17.1. The molecule has 1 fully saturated rings. The first kappa shape index (κ1) is 19.6. The maximum Gasteiger partial charge on any atom is 0.317 e. The highest BCUT2D eigenvalue weighted by Crippen LogP contribution is 2.20. The minimum atomic E-state index is -0.860. The molecule has 1 saturated heterocycles. The number of aldehydes is 1. The van der Waals surface area contributed by atoms with Gasteiger partial charge in [0.05, 0.1) is 13.1 Å². The van der Waals surface area contributed by atoms with E-state index in [1.807, 2.05) is 9.80 Å². The molecule has 0 aromatic rings. The van der Waals surface area contributed by atoms with Crippen LogP contribution >= 0.6 is 0 Å². The lowest BCUT2D eigenvalue weighted by Crippen LogP contribution is -2.39. The zero-order valence-corrected chi connectivity index (χ0v) is 13.7. The van der Waals surface area contributed by atoms with Gasteiger partial charge in [-0.15, -0.1) is 0 Å². The second kappa shape index (κ2) is 11.1. The molecule has 1 rings (SSSR count). The lowest BCUT2D eigenvalue weighted by atomic mass is 9.93. The van der Waals surface area contributed by atoms with Gasteiger partial charge in [0.1, 0.15) is 6.29 Å². The van der Waals surface area contributed by atoms with Crippen molar-refractivity contribution in [2.75, 3.05) is 39.3 Å². The molecule has 0 saturated carbocycles. The van der Waals surface area contributed by atoms with Crippen LogP contribution < -0.4 is 0 Å². The quantitative estimate of drug-likeness (QED) is 0.700. The van der Waals surface area contributed by atoms with Crippen LogP contribution in [0, 0.1) is 5.92 Å². The van der Waals surface area contributed by atoms with Gasteiger partial charge in [-0.3, -0.25) is 19.4 Å². The summed E-state index contributed by atoms with van der Waals surface area (Å²) in [6.07, 6.45) is 5.45. The summed E-state index contributed by atoms with van der Waals surface area (Å²) in [6, 6.07) is 0. The number of carbonyl (C=O) groups excluding carboxylic acids is 1. The number of nitrogens with zero attached hydrogens (tertiary/aromatic N) is 2. The van der Waals surface area contributed by atoms with Gasteiger partial charge in [0.25, 0.3) is 0 Å². The second-order valence-corrected chi connectivity index (χ2v) is 6.24. The summed E-state index contributed by atoms with van der Waals surface area (Å²) in [4.78, 5) is 36.6. The Morgan fingerprint density at radius 1 is 0.913 bits per heavy atom. The highest BCUT2D eigenvalue weighted by atomic mass is 16.4. The second-order valence-electron chi connectivity index (χ2n) is 6.24. The van der Waals surface area contributed by atoms with E-state index < -0.39 is 11.9 Å². The van der Waals surface area contributed by atoms with Crippen molar-refractivity contribution >= 4 is 18.2 Å². The molecule has 1 atom stereocenters. The molecule has 132 valence electrons. The molecule has 2 N–H and O–H groups in total. The van der Waals surface area contributed by atoms with E-state index in [4.69, 9.17) is 10.2 Å². The van der Waals surface area contributed by atoms with Crippen molar-refractivity contribution in [3.8, 4) is 0 Å². The Hall–Kier alpha value is -1.47. The SMILES string of the molecule is O=CCN1CCCCC(CC(=O)O)CCCN(CC(=O)O)CC1. The number of carbonyl (C=O) groups is 3. The first-order valence-electron chi connectivity index (χ1n) is 8.33. The van der Waals surface area contributed by atoms with Crippen LogP contribution in [-0.4, -0.2) is 77.5 Å². The Kier molecular flexibility index (Phi) is 9.47. The van der Waals surface area contributed by atoms with Crippen molar-refractivity contribution in [3.63, 3.8) is 0 Å². The van der Waals surface area contributed by atoms with E-state index in [9.17, 15) is 14.4 Å². The van der Waals surface area contributed by atoms with Crippen LogP contribution in [0.2, 0.25) is 0 Å². The summed E-state index contributed by atoms with van der Waals surface area (Å²) < 4.78 is 0. The van der Waals surface area contributed by atoms with Crippen LogP contribution in [0.4, 0.5) is 0 Å². The van der Waals surface area contributed by atoms with E-state index in [0.29, 0.717) is 26.2 Å². The molecule has 1 heterocycles. The van der Waals surface area contributed by atoms with Crippen molar-refractivity contribution in [2.45, 2.75) is 38.5 Å². The van der Waals surface area contributed by atoms with E-state index >= 15 is 0 Å². The van der Waals surface area contributed by atoms with E-state index in [0.717, 1.165) is 44.9 Å². The molecule has 1 unspecified atom stereocenters. The summed E-state index contributed by atoms with van der Waals surface area (Å²) in [5, 5.41) is 18.0. The summed E-state index contributed by atoms with van der Waals surface area (Å²) in [5.41, 5.74) is 0. The topological polar surface area (TPSA) is 98.2 Å². The van der Waals surface area contributed by atoms with Gasteiger partial charge in [0.2, 0.25) is 0 Å². The molecule has 7 heteroatoms. The molecule has 23 heavy (non-hydrogen) atoms. The third-order valence-electron chi connectivity index (χ3n) is 4.31. The Morgan fingerprint density at radius 2 is 1.57 bits per heavy atom. The lowest BCUT2D eigenvalue weighted by molar-refractivity contribution is -0.139. The maximum absolute atomic E-state index is 11.0. The molecule has 0 spiro atoms. The van der Waals surface area contributed by atoms with Gasteiger partial charge in [0, 0.05) is 19.5 Å². The predicted molar refractivity (Wildman–Crippen MR) is 85.4 cm³/mol. The molecule has 1 aliphatic heterocycles. The van der Waals surface area contributed by atoms with Crippen molar-refractivity contribution < 1.29 is 24.6 Å². The van der Waals surface area contributed by atoms with Gasteiger partial charge < -0.3 is 15.0 Å². The van der Waals surface area contributed by atoms with E-state index in [2.05, 4.69) is 0 Å². The van der Waals surface area contributed by atoms with Crippen molar-refractivity contribution in [1.29, 1.82) is 0 Å². The maximum atomic E-state index is 11.0. The average molecular weight is 328 g/mol. The molecule has 0 aromatic carbocycles. The summed E-state index contributed by atoms with van der Waals surface area (Å²) >= 11 is 0. The molecular formula is C16H28N2O5. The minimum absolute atomic E-state index is 0.0154. The number of rotatable bonds is 6. The van der Waals surface area contributed by atoms with Crippen LogP contribution in [0.15, 0.2) is 0 Å².